The molecule has 0 bridgehead atoms. The van der Waals surface area contributed by atoms with Crippen LogP contribution in [0.4, 0.5) is 5.82 Å². The van der Waals surface area contributed by atoms with Crippen LogP contribution in [0.15, 0.2) is 41.8 Å². The molecule has 4 rings (SSSR count). The van der Waals surface area contributed by atoms with Crippen molar-refractivity contribution in [1.82, 2.24) is 9.97 Å². The Morgan fingerprint density at radius 1 is 1.13 bits per heavy atom. The number of thiophene rings is 1. The summed E-state index contributed by atoms with van der Waals surface area (Å²) in [5, 5.41) is 5.69. The molecule has 116 valence electrons. The third-order valence-corrected chi connectivity index (χ3v) is 5.47. The van der Waals surface area contributed by atoms with E-state index in [1.165, 1.54) is 29.7 Å². The molecule has 2 heterocycles. The van der Waals surface area contributed by atoms with Crippen LogP contribution in [-0.4, -0.2) is 15.7 Å². The number of nitrogens with zero attached hydrogens (tertiary/aromatic N) is 3. The van der Waals surface area contributed by atoms with Gasteiger partial charge < -0.3 is 0 Å². The van der Waals surface area contributed by atoms with Gasteiger partial charge in [-0.3, -0.25) is 5.43 Å². The molecule has 0 unspecified atom stereocenters. The number of benzene rings is 1. The summed E-state index contributed by atoms with van der Waals surface area (Å²) in [7, 11) is 0. The fraction of sp³-hybridized carbons (Fsp3) is 0.278. The van der Waals surface area contributed by atoms with Gasteiger partial charge in [-0.1, -0.05) is 30.3 Å². The molecule has 1 N–H and O–H groups in total. The first kappa shape index (κ1) is 14.3. The van der Waals surface area contributed by atoms with Crippen LogP contribution in [0.2, 0.25) is 0 Å². The number of aryl methyl sites for hydroxylation is 2. The molecule has 5 heteroatoms. The average Bonchev–Trinajstić information content (AvgIpc) is 2.99. The van der Waals surface area contributed by atoms with E-state index in [1.54, 1.807) is 17.7 Å². The summed E-state index contributed by atoms with van der Waals surface area (Å²) in [6.45, 7) is 2.00. The van der Waals surface area contributed by atoms with Crippen LogP contribution in [-0.2, 0) is 12.8 Å². The van der Waals surface area contributed by atoms with Crippen molar-refractivity contribution in [3.05, 3.63) is 52.7 Å². The molecule has 0 amide bonds. The molecule has 0 fully saturated rings. The second kappa shape index (κ2) is 6.08. The first-order valence-corrected chi connectivity index (χ1v) is 8.75. The Bertz CT molecular complexity index is 867. The van der Waals surface area contributed by atoms with E-state index in [0.717, 1.165) is 33.7 Å². The number of aromatic nitrogens is 2. The summed E-state index contributed by atoms with van der Waals surface area (Å²) in [6, 6.07) is 10.2. The molecule has 4 nitrogen and oxygen atoms in total. The molecule has 0 saturated carbocycles. The van der Waals surface area contributed by atoms with Crippen molar-refractivity contribution in [2.24, 2.45) is 5.10 Å². The van der Waals surface area contributed by atoms with Gasteiger partial charge in [0.15, 0.2) is 5.82 Å². The van der Waals surface area contributed by atoms with Gasteiger partial charge in [-0.25, -0.2) is 9.97 Å². The van der Waals surface area contributed by atoms with E-state index >= 15 is 0 Å². The zero-order chi connectivity index (χ0) is 15.6. The Hall–Kier alpha value is -2.27. The van der Waals surface area contributed by atoms with Crippen LogP contribution in [0.25, 0.3) is 10.2 Å². The third-order valence-electron chi connectivity index (χ3n) is 4.27. The first-order valence-electron chi connectivity index (χ1n) is 7.94. The molecule has 23 heavy (non-hydrogen) atoms. The predicted molar refractivity (Wildman–Crippen MR) is 96.3 cm³/mol. The third kappa shape index (κ3) is 2.72. The molecular weight excluding hydrogens is 304 g/mol. The molecule has 0 saturated heterocycles. The van der Waals surface area contributed by atoms with Gasteiger partial charge >= 0.3 is 0 Å². The van der Waals surface area contributed by atoms with Gasteiger partial charge in [0.2, 0.25) is 0 Å². The van der Waals surface area contributed by atoms with Crippen LogP contribution >= 0.6 is 11.3 Å². The lowest BCUT2D eigenvalue weighted by Crippen LogP contribution is -2.03. The Labute approximate surface area is 139 Å². The Morgan fingerprint density at radius 2 is 1.96 bits per heavy atom. The SMILES string of the molecule is C/C(=N\Nc1ncnc2sc3c(c12)CCCC3)c1ccccc1. The monoisotopic (exact) mass is 322 g/mol. The second-order valence-electron chi connectivity index (χ2n) is 5.79. The first-order chi connectivity index (χ1) is 11.3. The van der Waals surface area contributed by atoms with Gasteiger partial charge in [0.1, 0.15) is 11.2 Å². The van der Waals surface area contributed by atoms with Crippen molar-refractivity contribution in [3.63, 3.8) is 0 Å². The van der Waals surface area contributed by atoms with Crippen LogP contribution in [0, 0.1) is 0 Å². The predicted octanol–water partition coefficient (Wildman–Crippen LogP) is 4.41. The standard InChI is InChI=1S/C18H18N4S/c1-12(13-7-3-2-4-8-13)21-22-17-16-14-9-5-6-10-15(14)23-18(16)20-11-19-17/h2-4,7-8,11H,5-6,9-10H2,1H3,(H,19,20,22)/b21-12+. The van der Waals surface area contributed by atoms with Gasteiger partial charge in [0.25, 0.3) is 0 Å². The van der Waals surface area contributed by atoms with E-state index in [0.29, 0.717) is 0 Å². The fourth-order valence-corrected chi connectivity index (χ4v) is 4.28. The van der Waals surface area contributed by atoms with Gasteiger partial charge in [-0.2, -0.15) is 5.10 Å². The summed E-state index contributed by atoms with van der Waals surface area (Å²) >= 11 is 1.80. The van der Waals surface area contributed by atoms with E-state index < -0.39 is 0 Å². The molecule has 0 spiro atoms. The van der Waals surface area contributed by atoms with Crippen LogP contribution in [0.5, 0.6) is 0 Å². The van der Waals surface area contributed by atoms with Crippen molar-refractivity contribution in [2.45, 2.75) is 32.6 Å². The highest BCUT2D eigenvalue weighted by Gasteiger charge is 2.19. The summed E-state index contributed by atoms with van der Waals surface area (Å²) in [4.78, 5) is 11.4. The van der Waals surface area contributed by atoms with E-state index in [-0.39, 0.29) is 0 Å². The van der Waals surface area contributed by atoms with Crippen LogP contribution < -0.4 is 5.43 Å². The van der Waals surface area contributed by atoms with Crippen molar-refractivity contribution in [1.29, 1.82) is 0 Å². The molecule has 0 atom stereocenters. The van der Waals surface area contributed by atoms with Gasteiger partial charge in [-0.15, -0.1) is 11.3 Å². The number of hydrazone groups is 1. The lowest BCUT2D eigenvalue weighted by Gasteiger charge is -2.11. The van der Waals surface area contributed by atoms with Gasteiger partial charge in [0.05, 0.1) is 11.1 Å². The number of hydrogen-bond donors (Lipinski definition) is 1. The zero-order valence-electron chi connectivity index (χ0n) is 13.0. The number of hydrogen-bond acceptors (Lipinski definition) is 5. The average molecular weight is 322 g/mol. The van der Waals surface area contributed by atoms with Crippen molar-refractivity contribution in [2.75, 3.05) is 5.43 Å². The van der Waals surface area contributed by atoms with Gasteiger partial charge in [-0.05, 0) is 43.7 Å². The number of nitrogens with one attached hydrogen (secondary N) is 1. The molecular formula is C18H18N4S. The lowest BCUT2D eigenvalue weighted by atomic mass is 9.97. The smallest absolute Gasteiger partial charge is 0.158 e. The Balaban J connectivity index is 1.71. The molecule has 0 radical (unpaired) electrons. The van der Waals surface area contributed by atoms with Crippen molar-refractivity contribution in [3.8, 4) is 0 Å². The Kier molecular flexibility index (Phi) is 3.79. The van der Waals surface area contributed by atoms with Crippen molar-refractivity contribution < 1.29 is 0 Å². The largest absolute Gasteiger partial charge is 0.260 e. The van der Waals surface area contributed by atoms with E-state index in [4.69, 9.17) is 0 Å². The van der Waals surface area contributed by atoms with Gasteiger partial charge in [0, 0.05) is 4.88 Å². The van der Waals surface area contributed by atoms with E-state index in [9.17, 15) is 0 Å². The highest BCUT2D eigenvalue weighted by atomic mass is 32.1. The number of rotatable bonds is 3. The summed E-state index contributed by atoms with van der Waals surface area (Å²) in [5.74, 6) is 0.824. The fourth-order valence-electron chi connectivity index (χ4n) is 3.06. The van der Waals surface area contributed by atoms with E-state index in [2.05, 4.69) is 32.6 Å². The number of anilines is 1. The maximum Gasteiger partial charge on any atom is 0.158 e. The minimum absolute atomic E-state index is 0.824. The van der Waals surface area contributed by atoms with Crippen LogP contribution in [0.1, 0.15) is 35.8 Å². The van der Waals surface area contributed by atoms with Crippen molar-refractivity contribution >= 4 is 33.1 Å². The summed E-state index contributed by atoms with van der Waals surface area (Å²) in [6.07, 6.45) is 6.45. The second-order valence-corrected chi connectivity index (χ2v) is 6.87. The summed E-state index contributed by atoms with van der Waals surface area (Å²) < 4.78 is 0. The maximum atomic E-state index is 4.52. The topological polar surface area (TPSA) is 50.2 Å². The molecule has 2 aromatic heterocycles. The minimum Gasteiger partial charge on any atom is -0.260 e. The highest BCUT2D eigenvalue weighted by molar-refractivity contribution is 7.19. The Morgan fingerprint density at radius 3 is 2.83 bits per heavy atom. The molecule has 1 aliphatic rings. The lowest BCUT2D eigenvalue weighted by molar-refractivity contribution is 0.700. The maximum absolute atomic E-state index is 4.52. The summed E-state index contributed by atoms with van der Waals surface area (Å²) in [5.41, 5.74) is 6.64. The number of fused-ring (bicyclic) bond motifs is 3. The highest BCUT2D eigenvalue weighted by Crippen LogP contribution is 2.38. The quantitative estimate of drug-likeness (QED) is 0.574. The molecule has 3 aromatic rings. The van der Waals surface area contributed by atoms with E-state index in [1.807, 2.05) is 25.1 Å². The zero-order valence-corrected chi connectivity index (χ0v) is 13.9. The molecule has 1 aliphatic carbocycles. The van der Waals surface area contributed by atoms with Crippen LogP contribution in [0.3, 0.4) is 0 Å². The minimum atomic E-state index is 0.824. The molecule has 0 aliphatic heterocycles. The normalized spacial score (nSPS) is 14.7. The molecule has 1 aromatic carbocycles.